The molecule has 0 saturated carbocycles. The highest BCUT2D eigenvalue weighted by Gasteiger charge is 2.34. The first kappa shape index (κ1) is 9.21. The van der Waals surface area contributed by atoms with Crippen LogP contribution >= 0.6 is 0 Å². The average molecular weight is 219 g/mol. The molecule has 1 atom stereocenters. The van der Waals surface area contributed by atoms with E-state index in [1.165, 1.54) is 0 Å². The van der Waals surface area contributed by atoms with Gasteiger partial charge in [-0.05, 0) is 17.7 Å². The van der Waals surface area contributed by atoms with Crippen molar-refractivity contribution in [2.75, 3.05) is 6.61 Å². The largest absolute Gasteiger partial charge is 0.493 e. The molecule has 82 valence electrons. The van der Waals surface area contributed by atoms with Gasteiger partial charge in [0.05, 0.1) is 6.61 Å². The van der Waals surface area contributed by atoms with Crippen LogP contribution in [0.1, 0.15) is 17.2 Å². The summed E-state index contributed by atoms with van der Waals surface area (Å²) in [6.45, 7) is 0.662. The summed E-state index contributed by atoms with van der Waals surface area (Å²) in [5.74, 6) is 0.428. The normalized spacial score (nSPS) is 22.4. The maximum Gasteiger partial charge on any atom is 0.415 e. The van der Waals surface area contributed by atoms with E-state index in [-0.39, 0.29) is 0 Å². The zero-order valence-corrected chi connectivity index (χ0v) is 8.36. The second kappa shape index (κ2) is 3.23. The molecule has 5 heteroatoms. The molecule has 16 heavy (non-hydrogen) atoms. The Morgan fingerprint density at radius 2 is 2.19 bits per heavy atom. The van der Waals surface area contributed by atoms with Crippen molar-refractivity contribution in [3.63, 3.8) is 0 Å². The molecule has 0 spiro atoms. The van der Waals surface area contributed by atoms with Crippen LogP contribution in [0, 0.1) is 0 Å². The Morgan fingerprint density at radius 1 is 1.31 bits per heavy atom. The van der Waals surface area contributed by atoms with Gasteiger partial charge in [0.2, 0.25) is 6.10 Å². The van der Waals surface area contributed by atoms with E-state index >= 15 is 0 Å². The van der Waals surface area contributed by atoms with Crippen LogP contribution in [0.2, 0.25) is 0 Å². The first-order valence-electron chi connectivity index (χ1n) is 5.01. The fraction of sp³-hybridized carbons (Fsp3) is 0.273. The maximum absolute atomic E-state index is 11.4. The lowest BCUT2D eigenvalue weighted by Crippen LogP contribution is -2.20. The molecule has 0 radical (unpaired) electrons. The molecular weight excluding hydrogens is 210 g/mol. The molecule has 2 heterocycles. The molecule has 0 aromatic heterocycles. The van der Waals surface area contributed by atoms with Gasteiger partial charge in [0.25, 0.3) is 5.91 Å². The molecule has 1 aromatic rings. The van der Waals surface area contributed by atoms with Crippen LogP contribution in [-0.4, -0.2) is 18.6 Å². The number of rotatable bonds is 1. The third-order valence-electron chi connectivity index (χ3n) is 2.70. The van der Waals surface area contributed by atoms with E-state index in [1.807, 2.05) is 6.07 Å². The van der Waals surface area contributed by atoms with Gasteiger partial charge in [-0.1, -0.05) is 6.07 Å². The van der Waals surface area contributed by atoms with E-state index in [9.17, 15) is 9.59 Å². The number of fused-ring (bicyclic) bond motifs is 1. The monoisotopic (exact) mass is 219 g/mol. The minimum atomic E-state index is -0.821. The van der Waals surface area contributed by atoms with Crippen molar-refractivity contribution < 1.29 is 19.1 Å². The van der Waals surface area contributed by atoms with Crippen LogP contribution in [0.5, 0.6) is 5.75 Å². The second-order valence-corrected chi connectivity index (χ2v) is 3.74. The van der Waals surface area contributed by atoms with E-state index in [2.05, 4.69) is 5.32 Å². The molecule has 2 aliphatic heterocycles. The highest BCUT2D eigenvalue weighted by molar-refractivity contribution is 6.00. The summed E-state index contributed by atoms with van der Waals surface area (Å²) in [5.41, 5.74) is 1.74. The SMILES string of the molecule is O=C1NC(=O)C(c2ccc3c(c2)CCO3)O1. The van der Waals surface area contributed by atoms with E-state index in [4.69, 9.17) is 9.47 Å². The number of carbonyl (C=O) groups excluding carboxylic acids is 2. The summed E-state index contributed by atoms with van der Waals surface area (Å²) in [7, 11) is 0. The first-order chi connectivity index (χ1) is 7.74. The maximum atomic E-state index is 11.4. The standard InChI is InChI=1S/C11H9NO4/c13-10-9(16-11(14)12-10)7-1-2-8-6(5-7)3-4-15-8/h1-2,5,9H,3-4H2,(H,12,13,14). The van der Waals surface area contributed by atoms with Crippen LogP contribution in [-0.2, 0) is 16.0 Å². The number of carbonyl (C=O) groups is 2. The third-order valence-corrected chi connectivity index (χ3v) is 2.70. The molecule has 1 aromatic carbocycles. The number of cyclic esters (lactones) is 1. The van der Waals surface area contributed by atoms with Crippen molar-refractivity contribution >= 4 is 12.0 Å². The molecule has 1 N–H and O–H groups in total. The summed E-state index contributed by atoms with van der Waals surface area (Å²) in [6.07, 6.45) is -0.684. The Bertz CT molecular complexity index is 483. The number of imide groups is 1. The zero-order valence-electron chi connectivity index (χ0n) is 8.36. The predicted octanol–water partition coefficient (Wildman–Crippen LogP) is 0.929. The molecule has 0 aliphatic carbocycles. The van der Waals surface area contributed by atoms with Crippen molar-refractivity contribution in [3.8, 4) is 5.75 Å². The summed E-state index contributed by atoms with van der Waals surface area (Å²) >= 11 is 0. The van der Waals surface area contributed by atoms with Crippen LogP contribution in [0.15, 0.2) is 18.2 Å². The highest BCUT2D eigenvalue weighted by atomic mass is 16.6. The lowest BCUT2D eigenvalue weighted by atomic mass is 10.0. The number of benzene rings is 1. The Hall–Kier alpha value is -2.04. The molecule has 5 nitrogen and oxygen atoms in total. The van der Waals surface area contributed by atoms with Gasteiger partial charge in [-0.15, -0.1) is 0 Å². The van der Waals surface area contributed by atoms with Crippen LogP contribution in [0.25, 0.3) is 0 Å². The van der Waals surface area contributed by atoms with E-state index < -0.39 is 18.1 Å². The van der Waals surface area contributed by atoms with Crippen molar-refractivity contribution in [1.82, 2.24) is 5.32 Å². The molecule has 1 unspecified atom stereocenters. The van der Waals surface area contributed by atoms with Gasteiger partial charge in [-0.3, -0.25) is 10.1 Å². The van der Waals surface area contributed by atoms with Gasteiger partial charge in [-0.2, -0.15) is 0 Å². The molecule has 0 bridgehead atoms. The molecule has 2 aliphatic rings. The van der Waals surface area contributed by atoms with Gasteiger partial charge < -0.3 is 9.47 Å². The molecule has 3 rings (SSSR count). The number of hydrogen-bond donors (Lipinski definition) is 1. The smallest absolute Gasteiger partial charge is 0.415 e. The Kier molecular flexibility index (Phi) is 1.86. The molecule has 1 saturated heterocycles. The first-order valence-corrected chi connectivity index (χ1v) is 5.01. The highest BCUT2D eigenvalue weighted by Crippen LogP contribution is 2.30. The van der Waals surface area contributed by atoms with Gasteiger partial charge in [0, 0.05) is 12.0 Å². The van der Waals surface area contributed by atoms with Gasteiger partial charge in [-0.25, -0.2) is 4.79 Å². The number of nitrogens with one attached hydrogen (secondary N) is 1. The minimum absolute atomic E-state index is 0.413. The third kappa shape index (κ3) is 1.32. The number of alkyl carbamates (subject to hydrolysis) is 1. The number of ether oxygens (including phenoxy) is 2. The fourth-order valence-corrected chi connectivity index (χ4v) is 1.95. The molecule has 2 amide bonds. The lowest BCUT2D eigenvalue weighted by Gasteiger charge is -2.07. The van der Waals surface area contributed by atoms with Crippen molar-refractivity contribution in [1.29, 1.82) is 0 Å². The Morgan fingerprint density at radius 3 is 2.94 bits per heavy atom. The number of hydrogen-bond acceptors (Lipinski definition) is 4. The van der Waals surface area contributed by atoms with E-state index in [0.29, 0.717) is 12.2 Å². The van der Waals surface area contributed by atoms with E-state index in [0.717, 1.165) is 17.7 Å². The van der Waals surface area contributed by atoms with Gasteiger partial charge >= 0.3 is 6.09 Å². The quantitative estimate of drug-likeness (QED) is 0.763. The van der Waals surface area contributed by atoms with Crippen molar-refractivity contribution in [2.45, 2.75) is 12.5 Å². The second-order valence-electron chi connectivity index (χ2n) is 3.74. The van der Waals surface area contributed by atoms with Gasteiger partial charge in [0.1, 0.15) is 5.75 Å². The summed E-state index contributed by atoms with van der Waals surface area (Å²) in [4.78, 5) is 22.3. The minimum Gasteiger partial charge on any atom is -0.493 e. The zero-order chi connectivity index (χ0) is 11.1. The fourth-order valence-electron chi connectivity index (χ4n) is 1.95. The summed E-state index contributed by atoms with van der Waals surface area (Å²) in [5, 5.41) is 2.10. The predicted molar refractivity (Wildman–Crippen MR) is 53.0 cm³/mol. The average Bonchev–Trinajstić information content (AvgIpc) is 2.83. The van der Waals surface area contributed by atoms with Crippen LogP contribution < -0.4 is 10.1 Å². The summed E-state index contributed by atoms with van der Waals surface area (Å²) < 4.78 is 10.2. The Labute approximate surface area is 91.3 Å². The molecular formula is C11H9NO4. The molecule has 1 fully saturated rings. The van der Waals surface area contributed by atoms with Crippen LogP contribution in [0.4, 0.5) is 4.79 Å². The Balaban J connectivity index is 1.95. The van der Waals surface area contributed by atoms with Gasteiger partial charge in [0.15, 0.2) is 0 Å². The van der Waals surface area contributed by atoms with Crippen LogP contribution in [0.3, 0.4) is 0 Å². The summed E-state index contributed by atoms with van der Waals surface area (Å²) in [6, 6.07) is 5.40. The number of amides is 2. The van der Waals surface area contributed by atoms with E-state index in [1.54, 1.807) is 12.1 Å². The lowest BCUT2D eigenvalue weighted by molar-refractivity contribution is -0.123. The topological polar surface area (TPSA) is 64.6 Å². The van der Waals surface area contributed by atoms with Crippen molar-refractivity contribution in [2.24, 2.45) is 0 Å². The van der Waals surface area contributed by atoms with Crippen molar-refractivity contribution in [3.05, 3.63) is 29.3 Å².